The van der Waals surface area contributed by atoms with Gasteiger partial charge in [0, 0.05) is 0 Å². The Labute approximate surface area is 75.8 Å². The van der Waals surface area contributed by atoms with E-state index in [1.807, 2.05) is 0 Å². The molecular formula is C5H12N2O5S. The van der Waals surface area contributed by atoms with Crippen LogP contribution in [0.5, 0.6) is 0 Å². The van der Waals surface area contributed by atoms with Crippen molar-refractivity contribution in [2.24, 2.45) is 5.73 Å². The summed E-state index contributed by atoms with van der Waals surface area (Å²) in [5.74, 6) is -1.77. The highest BCUT2D eigenvalue weighted by Gasteiger charge is 2.21. The Kier molecular flexibility index (Phi) is 4.85. The molecule has 8 heteroatoms. The Bertz CT molecular complexity index is 262. The highest BCUT2D eigenvalue weighted by molar-refractivity contribution is 7.88. The summed E-state index contributed by atoms with van der Waals surface area (Å²) in [4.78, 5) is 10.0. The molecule has 0 aliphatic carbocycles. The van der Waals surface area contributed by atoms with Crippen molar-refractivity contribution in [1.29, 1.82) is 0 Å². The van der Waals surface area contributed by atoms with Crippen molar-refractivity contribution < 1.29 is 23.5 Å². The highest BCUT2D eigenvalue weighted by atomic mass is 32.2. The third-order valence-corrected chi connectivity index (χ3v) is 2.77. The van der Waals surface area contributed by atoms with E-state index in [0.717, 1.165) is 0 Å². The van der Waals surface area contributed by atoms with Crippen LogP contribution in [0.3, 0.4) is 0 Å². The molecule has 0 rings (SSSR count). The number of carboxylic acids is 1. The second-order valence-corrected chi connectivity index (χ2v) is 4.33. The lowest BCUT2D eigenvalue weighted by molar-refractivity contribution is -0.142. The van der Waals surface area contributed by atoms with Crippen LogP contribution in [0.25, 0.3) is 0 Å². The maximum atomic E-state index is 11.0. The van der Waals surface area contributed by atoms with Gasteiger partial charge < -0.3 is 10.8 Å². The van der Waals surface area contributed by atoms with Crippen LogP contribution in [-0.4, -0.2) is 48.0 Å². The van der Waals surface area contributed by atoms with E-state index >= 15 is 0 Å². The van der Waals surface area contributed by atoms with Crippen molar-refractivity contribution in [3.8, 4) is 0 Å². The minimum atomic E-state index is -3.89. The molecule has 0 atom stereocenters. The van der Waals surface area contributed by atoms with Crippen LogP contribution in [0, 0.1) is 0 Å². The number of nitrogens with zero attached hydrogens (tertiary/aromatic N) is 1. The molecular weight excluding hydrogens is 200 g/mol. The highest BCUT2D eigenvalue weighted by Crippen LogP contribution is 1.98. The number of aliphatic carboxylic acids is 1. The lowest BCUT2D eigenvalue weighted by atomic mass is 10.5. The second-order valence-electron chi connectivity index (χ2n) is 2.33. The Morgan fingerprint density at radius 1 is 1.46 bits per heavy atom. The van der Waals surface area contributed by atoms with Crippen LogP contribution in [0.1, 0.15) is 6.42 Å². The summed E-state index contributed by atoms with van der Waals surface area (Å²) < 4.78 is 21.8. The molecule has 4 N–H and O–H groups in total. The standard InChI is InChI=1S/C5H12N2O5S/c6-2-1-3-13(11,12)7(10)4-5(8)9/h10H,1-4,6H2,(H,8,9). The number of hydrogen-bond donors (Lipinski definition) is 3. The van der Waals surface area contributed by atoms with Gasteiger partial charge in [0.1, 0.15) is 6.54 Å². The van der Waals surface area contributed by atoms with Crippen LogP contribution < -0.4 is 5.73 Å². The third kappa shape index (κ3) is 4.78. The van der Waals surface area contributed by atoms with Crippen LogP contribution in [0.2, 0.25) is 0 Å². The molecule has 0 saturated heterocycles. The van der Waals surface area contributed by atoms with Gasteiger partial charge in [0.2, 0.25) is 10.0 Å². The molecule has 0 saturated carbocycles. The van der Waals surface area contributed by atoms with Gasteiger partial charge in [-0.1, -0.05) is 4.47 Å². The normalized spacial score (nSPS) is 11.9. The van der Waals surface area contributed by atoms with Gasteiger partial charge in [0.15, 0.2) is 0 Å². The minimum Gasteiger partial charge on any atom is -0.480 e. The number of rotatable bonds is 6. The fourth-order valence-corrected chi connectivity index (χ4v) is 1.63. The number of hydrogen-bond acceptors (Lipinski definition) is 5. The van der Waals surface area contributed by atoms with Crippen LogP contribution in [0.4, 0.5) is 0 Å². The smallest absolute Gasteiger partial charge is 0.321 e. The van der Waals surface area contributed by atoms with Crippen molar-refractivity contribution in [1.82, 2.24) is 4.47 Å². The number of sulfonamides is 1. The summed E-state index contributed by atoms with van der Waals surface area (Å²) in [6.07, 6.45) is 0.180. The van der Waals surface area contributed by atoms with Crippen molar-refractivity contribution in [3.63, 3.8) is 0 Å². The van der Waals surface area contributed by atoms with Gasteiger partial charge in [0.05, 0.1) is 5.75 Å². The number of hydroxylamine groups is 1. The molecule has 13 heavy (non-hydrogen) atoms. The van der Waals surface area contributed by atoms with Gasteiger partial charge >= 0.3 is 5.97 Å². The van der Waals surface area contributed by atoms with E-state index in [0.29, 0.717) is 0 Å². The lowest BCUT2D eigenvalue weighted by Gasteiger charge is -2.11. The van der Waals surface area contributed by atoms with Crippen molar-refractivity contribution in [2.75, 3.05) is 18.8 Å². The monoisotopic (exact) mass is 212 g/mol. The minimum absolute atomic E-state index is 0.167. The van der Waals surface area contributed by atoms with Gasteiger partial charge in [-0.05, 0) is 13.0 Å². The predicted octanol–water partition coefficient (Wildman–Crippen LogP) is -1.56. The van der Waals surface area contributed by atoms with Crippen molar-refractivity contribution in [3.05, 3.63) is 0 Å². The molecule has 0 amide bonds. The topological polar surface area (TPSA) is 121 Å². The van der Waals surface area contributed by atoms with Gasteiger partial charge in [-0.2, -0.15) is 0 Å². The molecule has 0 bridgehead atoms. The van der Waals surface area contributed by atoms with E-state index in [9.17, 15) is 13.2 Å². The van der Waals surface area contributed by atoms with Crippen molar-refractivity contribution >= 4 is 16.0 Å². The predicted molar refractivity (Wildman–Crippen MR) is 43.6 cm³/mol. The van der Waals surface area contributed by atoms with Gasteiger partial charge in [-0.3, -0.25) is 10.0 Å². The van der Waals surface area contributed by atoms with Crippen LogP contribution >= 0.6 is 0 Å². The first-order chi connectivity index (χ1) is 5.90. The van der Waals surface area contributed by atoms with E-state index in [1.54, 1.807) is 0 Å². The summed E-state index contributed by atoms with van der Waals surface area (Å²) in [5.41, 5.74) is 5.06. The van der Waals surface area contributed by atoms with E-state index < -0.39 is 22.5 Å². The van der Waals surface area contributed by atoms with Gasteiger partial charge in [0.25, 0.3) is 0 Å². The Hall–Kier alpha value is -0.700. The zero-order valence-electron chi connectivity index (χ0n) is 6.88. The molecule has 0 aliphatic heterocycles. The third-order valence-electron chi connectivity index (χ3n) is 1.20. The molecule has 0 aromatic carbocycles. The SMILES string of the molecule is NCCCS(=O)(=O)N(O)CC(=O)O. The van der Waals surface area contributed by atoms with E-state index in [2.05, 4.69) is 0 Å². The molecule has 0 aliphatic rings. The van der Waals surface area contributed by atoms with Crippen LogP contribution in [0.15, 0.2) is 0 Å². The molecule has 0 aromatic heterocycles. The fraction of sp³-hybridized carbons (Fsp3) is 0.800. The van der Waals surface area contributed by atoms with Crippen LogP contribution in [-0.2, 0) is 14.8 Å². The molecule has 0 unspecified atom stereocenters. The molecule has 0 fully saturated rings. The van der Waals surface area contributed by atoms with Gasteiger partial charge in [-0.25, -0.2) is 8.42 Å². The van der Waals surface area contributed by atoms with Gasteiger partial charge in [-0.15, -0.1) is 0 Å². The molecule has 0 spiro atoms. The number of nitrogens with two attached hydrogens (primary N) is 1. The zero-order valence-corrected chi connectivity index (χ0v) is 7.70. The first kappa shape index (κ1) is 12.3. The molecule has 0 radical (unpaired) electrons. The second kappa shape index (κ2) is 5.12. The summed E-state index contributed by atoms with van der Waals surface area (Å²) in [6, 6.07) is 0. The lowest BCUT2D eigenvalue weighted by Crippen LogP contribution is -2.34. The average molecular weight is 212 g/mol. The Morgan fingerprint density at radius 3 is 2.38 bits per heavy atom. The number of carboxylic acid groups (broad SMARTS) is 1. The number of carbonyl (C=O) groups is 1. The quantitative estimate of drug-likeness (QED) is 0.458. The maximum absolute atomic E-state index is 11.0. The van der Waals surface area contributed by atoms with Crippen molar-refractivity contribution in [2.45, 2.75) is 6.42 Å². The molecule has 0 aromatic rings. The van der Waals surface area contributed by atoms with E-state index in [-0.39, 0.29) is 23.2 Å². The summed E-state index contributed by atoms with van der Waals surface area (Å²) in [7, 11) is -3.89. The average Bonchev–Trinajstić information content (AvgIpc) is 1.99. The molecule has 7 nitrogen and oxygen atoms in total. The largest absolute Gasteiger partial charge is 0.480 e. The Balaban J connectivity index is 4.20. The first-order valence-corrected chi connectivity index (χ1v) is 5.12. The first-order valence-electron chi connectivity index (χ1n) is 3.51. The Morgan fingerprint density at radius 2 is 2.00 bits per heavy atom. The summed E-state index contributed by atoms with van der Waals surface area (Å²) in [5, 5.41) is 17.0. The summed E-state index contributed by atoms with van der Waals surface area (Å²) in [6.45, 7) is -0.785. The van der Waals surface area contributed by atoms with E-state index in [1.165, 1.54) is 0 Å². The zero-order chi connectivity index (χ0) is 10.5. The summed E-state index contributed by atoms with van der Waals surface area (Å²) >= 11 is 0. The molecule has 78 valence electrons. The van der Waals surface area contributed by atoms with E-state index in [4.69, 9.17) is 16.0 Å². The fourth-order valence-electron chi connectivity index (χ4n) is 0.585. The molecule has 0 heterocycles. The maximum Gasteiger partial charge on any atom is 0.321 e.